The predicted molar refractivity (Wildman–Crippen MR) is 132 cm³/mol. The molecular formula is C23H20Cl2F3N7O4. The lowest BCUT2D eigenvalue weighted by Crippen LogP contribution is -2.37. The number of aliphatic hydroxyl groups is 1. The molecule has 0 radical (unpaired) electrons. The zero-order valence-corrected chi connectivity index (χ0v) is 21.8. The molecule has 0 aliphatic rings. The third-order valence-electron chi connectivity index (χ3n) is 5.41. The largest absolute Gasteiger partial charge is 0.455 e. The summed E-state index contributed by atoms with van der Waals surface area (Å²) in [5.74, 6) is -0.538. The Balaban J connectivity index is 1.79. The summed E-state index contributed by atoms with van der Waals surface area (Å²) in [6.07, 6.45) is -5.84. The van der Waals surface area contributed by atoms with Crippen LogP contribution in [0.25, 0.3) is 17.1 Å². The Morgan fingerprint density at radius 2 is 1.85 bits per heavy atom. The first-order valence-electron chi connectivity index (χ1n) is 11.3. The van der Waals surface area contributed by atoms with E-state index in [1.54, 1.807) is 13.0 Å². The van der Waals surface area contributed by atoms with E-state index < -0.39 is 36.6 Å². The first-order valence-corrected chi connectivity index (χ1v) is 12.0. The van der Waals surface area contributed by atoms with Crippen LogP contribution in [0.1, 0.15) is 31.6 Å². The maximum Gasteiger partial charge on any atom is 0.416 e. The average Bonchev–Trinajstić information content (AvgIpc) is 3.41. The summed E-state index contributed by atoms with van der Waals surface area (Å²) in [6, 6.07) is 7.46. The number of carbonyl (C=O) groups is 1. The first-order chi connectivity index (χ1) is 18.3. The van der Waals surface area contributed by atoms with Gasteiger partial charge in [0, 0.05) is 29.9 Å². The van der Waals surface area contributed by atoms with Crippen LogP contribution >= 0.6 is 23.2 Å². The molecule has 4 rings (SSSR count). The fourth-order valence-corrected chi connectivity index (χ4v) is 3.97. The molecule has 206 valence electrons. The number of alkyl halides is 3. The van der Waals surface area contributed by atoms with Gasteiger partial charge in [-0.15, -0.1) is 10.2 Å². The maximum atomic E-state index is 13.2. The molecule has 0 aliphatic carbocycles. The van der Waals surface area contributed by atoms with Crippen LogP contribution in [0.4, 0.5) is 13.2 Å². The van der Waals surface area contributed by atoms with Crippen molar-refractivity contribution in [1.29, 1.82) is 0 Å². The van der Waals surface area contributed by atoms with Crippen LogP contribution in [0.3, 0.4) is 0 Å². The number of nitrogens with zero attached hydrogens (tertiary/aromatic N) is 7. The van der Waals surface area contributed by atoms with Gasteiger partial charge in [0.2, 0.25) is 0 Å². The van der Waals surface area contributed by atoms with Gasteiger partial charge in [-0.2, -0.15) is 13.2 Å². The number of aromatic nitrogens is 7. The van der Waals surface area contributed by atoms with E-state index in [2.05, 4.69) is 20.2 Å². The lowest BCUT2D eigenvalue weighted by atomic mass is 10.2. The number of rotatable bonds is 8. The Hall–Kier alpha value is -3.75. The number of ether oxygens (including phenoxy) is 1. The first kappa shape index (κ1) is 28.3. The zero-order chi connectivity index (χ0) is 28.5. The van der Waals surface area contributed by atoms with Gasteiger partial charge in [-0.25, -0.2) is 19.1 Å². The van der Waals surface area contributed by atoms with E-state index in [0.717, 1.165) is 4.68 Å². The summed E-state index contributed by atoms with van der Waals surface area (Å²) in [4.78, 5) is 33.0. The Kier molecular flexibility index (Phi) is 8.09. The second kappa shape index (κ2) is 11.2. The van der Waals surface area contributed by atoms with Gasteiger partial charge in [0.05, 0.1) is 17.3 Å². The van der Waals surface area contributed by atoms with Gasteiger partial charge in [0.25, 0.3) is 0 Å². The van der Waals surface area contributed by atoms with E-state index in [1.807, 2.05) is 0 Å². The summed E-state index contributed by atoms with van der Waals surface area (Å²) in [6.45, 7) is 1.31. The Morgan fingerprint density at radius 3 is 2.46 bits per heavy atom. The fourth-order valence-electron chi connectivity index (χ4n) is 3.65. The highest BCUT2D eigenvalue weighted by Gasteiger charge is 2.39. The number of aliphatic hydroxyl groups excluding tert-OH is 1. The molecule has 0 saturated carbocycles. The Bertz CT molecular complexity index is 1550. The molecular weight excluding hydrogens is 566 g/mol. The predicted octanol–water partition coefficient (Wildman–Crippen LogP) is 3.59. The van der Waals surface area contributed by atoms with Gasteiger partial charge >= 0.3 is 17.8 Å². The van der Waals surface area contributed by atoms with Crippen LogP contribution < -0.4 is 5.69 Å². The number of benzene rings is 1. The second-order valence-electron chi connectivity index (χ2n) is 8.32. The van der Waals surface area contributed by atoms with Crippen molar-refractivity contribution in [2.24, 2.45) is 0 Å². The van der Waals surface area contributed by atoms with E-state index in [9.17, 15) is 27.9 Å². The van der Waals surface area contributed by atoms with Crippen molar-refractivity contribution in [3.05, 3.63) is 74.9 Å². The smallest absolute Gasteiger partial charge is 0.416 e. The molecule has 0 fully saturated rings. The highest BCUT2D eigenvalue weighted by atomic mass is 35.5. The van der Waals surface area contributed by atoms with Crippen molar-refractivity contribution in [2.45, 2.75) is 45.3 Å². The highest BCUT2D eigenvalue weighted by Crippen LogP contribution is 2.26. The monoisotopic (exact) mass is 585 g/mol. The summed E-state index contributed by atoms with van der Waals surface area (Å²) in [7, 11) is 0. The molecule has 0 bridgehead atoms. The number of hydrogen-bond donors (Lipinski definition) is 1. The summed E-state index contributed by atoms with van der Waals surface area (Å²) >= 11 is 12.2. The maximum absolute atomic E-state index is 13.2. The molecule has 0 aliphatic heterocycles. The summed E-state index contributed by atoms with van der Waals surface area (Å²) in [5, 5.41) is 18.8. The molecule has 2 atom stereocenters. The van der Waals surface area contributed by atoms with Gasteiger partial charge < -0.3 is 9.84 Å². The third-order valence-corrected chi connectivity index (χ3v) is 5.95. The normalized spacial score (nSPS) is 13.3. The second-order valence-corrected chi connectivity index (χ2v) is 9.16. The van der Waals surface area contributed by atoms with Crippen molar-refractivity contribution in [2.75, 3.05) is 0 Å². The van der Waals surface area contributed by atoms with Gasteiger partial charge in [0.15, 0.2) is 29.7 Å². The molecule has 1 unspecified atom stereocenters. The number of halogens is 5. The fraction of sp³-hybridized carbons (Fsp3) is 0.304. The molecule has 39 heavy (non-hydrogen) atoms. The molecule has 1 aromatic carbocycles. The molecule has 0 saturated heterocycles. The number of hydrogen-bond acceptors (Lipinski definition) is 8. The summed E-state index contributed by atoms with van der Waals surface area (Å²) < 4.78 is 47.5. The number of carbonyl (C=O) groups excluding carboxylic acids is 1. The topological polar surface area (TPSA) is 130 Å². The minimum absolute atomic E-state index is 0.0163. The van der Waals surface area contributed by atoms with Gasteiger partial charge in [-0.05, 0) is 37.3 Å². The quantitative estimate of drug-likeness (QED) is 0.310. The number of esters is 1. The van der Waals surface area contributed by atoms with Crippen molar-refractivity contribution in [3.63, 3.8) is 0 Å². The third kappa shape index (κ3) is 6.29. The Labute approximate surface area is 228 Å². The van der Waals surface area contributed by atoms with Crippen molar-refractivity contribution in [3.8, 4) is 17.1 Å². The molecule has 3 heterocycles. The lowest BCUT2D eigenvalue weighted by Gasteiger charge is -2.15. The van der Waals surface area contributed by atoms with Crippen LogP contribution in [0.2, 0.25) is 10.0 Å². The van der Waals surface area contributed by atoms with E-state index in [-0.39, 0.29) is 34.6 Å². The van der Waals surface area contributed by atoms with Crippen molar-refractivity contribution >= 4 is 29.2 Å². The minimum Gasteiger partial charge on any atom is -0.455 e. The SMILES string of the molecule is CC(=O)OC(C)c1nc(Cn2nc(-c3ccc(Cl)cc3)n(C[C@H](O)C(F)(F)F)c2=O)nn1-c1ccncc1Cl. The molecule has 0 amide bonds. The lowest BCUT2D eigenvalue weighted by molar-refractivity contribution is -0.207. The molecule has 4 aromatic rings. The zero-order valence-electron chi connectivity index (χ0n) is 20.3. The van der Waals surface area contributed by atoms with Crippen LogP contribution in [0.15, 0.2) is 47.5 Å². The molecule has 0 spiro atoms. The van der Waals surface area contributed by atoms with Gasteiger partial charge in [-0.1, -0.05) is 23.2 Å². The average molecular weight is 586 g/mol. The van der Waals surface area contributed by atoms with Crippen LogP contribution in [0, 0.1) is 0 Å². The number of pyridine rings is 1. The van der Waals surface area contributed by atoms with E-state index in [1.165, 1.54) is 48.3 Å². The van der Waals surface area contributed by atoms with Crippen LogP contribution in [-0.2, 0) is 22.6 Å². The van der Waals surface area contributed by atoms with Gasteiger partial charge in [0.1, 0.15) is 6.54 Å². The van der Waals surface area contributed by atoms with Crippen LogP contribution in [-0.4, -0.2) is 57.5 Å². The van der Waals surface area contributed by atoms with Crippen molar-refractivity contribution in [1.82, 2.24) is 34.1 Å². The van der Waals surface area contributed by atoms with E-state index >= 15 is 0 Å². The minimum atomic E-state index is -4.97. The van der Waals surface area contributed by atoms with Gasteiger partial charge in [-0.3, -0.25) is 14.3 Å². The molecule has 16 heteroatoms. The van der Waals surface area contributed by atoms with E-state index in [0.29, 0.717) is 15.3 Å². The molecule has 3 aromatic heterocycles. The molecule has 1 N–H and O–H groups in total. The molecule has 11 nitrogen and oxygen atoms in total. The standard InChI is InChI=1S/C23H20Cl2F3N7O4/c1-12(39-13(2)36)20-30-19(31-35(20)17-7-8-29-9-16(17)25)11-34-22(38)33(10-18(37)23(26,27)28)21(32-34)14-3-5-15(24)6-4-14/h3-9,12,18,37H,10-11H2,1-2H3/t12?,18-/m0/s1. The van der Waals surface area contributed by atoms with E-state index in [4.69, 9.17) is 27.9 Å². The Morgan fingerprint density at radius 1 is 1.15 bits per heavy atom. The highest BCUT2D eigenvalue weighted by molar-refractivity contribution is 6.32. The summed E-state index contributed by atoms with van der Waals surface area (Å²) in [5.41, 5.74) is -0.306. The van der Waals surface area contributed by atoms with Crippen LogP contribution in [0.5, 0.6) is 0 Å². The van der Waals surface area contributed by atoms with Crippen molar-refractivity contribution < 1.29 is 27.8 Å².